The molecule has 1 heterocycles. The average molecular weight is 409 g/mol. The Morgan fingerprint density at radius 1 is 1.26 bits per heavy atom. The van der Waals surface area contributed by atoms with Gasteiger partial charge in [0.05, 0.1) is 0 Å². The van der Waals surface area contributed by atoms with Crippen LogP contribution in [0.1, 0.15) is 48.7 Å². The van der Waals surface area contributed by atoms with E-state index in [9.17, 15) is 13.2 Å². The third kappa shape index (κ3) is 5.36. The van der Waals surface area contributed by atoms with Crippen molar-refractivity contribution in [3.8, 4) is 0 Å². The van der Waals surface area contributed by atoms with Gasteiger partial charge < -0.3 is 9.88 Å². The maximum Gasteiger partial charge on any atom is 0.267 e. The fourth-order valence-corrected chi connectivity index (χ4v) is 4.55. The number of rotatable bonds is 6. The highest BCUT2D eigenvalue weighted by molar-refractivity contribution is 8.13. The Balaban J connectivity index is 1.77. The largest absolute Gasteiger partial charge is 0.350 e. The monoisotopic (exact) mass is 408 g/mol. The summed E-state index contributed by atoms with van der Waals surface area (Å²) in [6.07, 6.45) is 6.11. The van der Waals surface area contributed by atoms with Gasteiger partial charge in [-0.25, -0.2) is 8.42 Å². The molecule has 1 N–H and O–H groups in total. The number of halogens is 1. The van der Waals surface area contributed by atoms with Gasteiger partial charge in [-0.2, -0.15) is 0 Å². The van der Waals surface area contributed by atoms with E-state index in [0.717, 1.165) is 18.4 Å². The lowest BCUT2D eigenvalue weighted by Crippen LogP contribution is -2.32. The Labute approximate surface area is 165 Å². The van der Waals surface area contributed by atoms with Crippen LogP contribution in [0, 0.1) is 11.8 Å². The summed E-state index contributed by atoms with van der Waals surface area (Å²) in [6.45, 7) is 3.26. The van der Waals surface area contributed by atoms with Crippen molar-refractivity contribution in [1.29, 1.82) is 0 Å². The number of carbonyl (C=O) groups excluding carboxylic acids is 1. The molecule has 1 amide bonds. The molecule has 0 bridgehead atoms. The van der Waals surface area contributed by atoms with Crippen LogP contribution in [0.4, 0.5) is 0 Å². The van der Waals surface area contributed by atoms with Crippen LogP contribution in [-0.2, 0) is 15.6 Å². The second kappa shape index (κ2) is 8.48. The summed E-state index contributed by atoms with van der Waals surface area (Å²) in [4.78, 5) is 12.7. The van der Waals surface area contributed by atoms with Crippen LogP contribution < -0.4 is 5.32 Å². The first-order chi connectivity index (χ1) is 12.8. The molecule has 1 fully saturated rings. The van der Waals surface area contributed by atoms with Gasteiger partial charge in [0.2, 0.25) is 0 Å². The topological polar surface area (TPSA) is 68.2 Å². The summed E-state index contributed by atoms with van der Waals surface area (Å²) in [7, 11) is 1.59. The van der Waals surface area contributed by atoms with E-state index in [1.807, 2.05) is 30.3 Å². The summed E-state index contributed by atoms with van der Waals surface area (Å²) in [5.74, 6) is 0.901. The molecule has 1 saturated carbocycles. The Hall–Kier alpha value is -1.79. The zero-order valence-electron chi connectivity index (χ0n) is 15.4. The fraction of sp³-hybridized carbons (Fsp3) is 0.450. The molecular formula is C20H25ClN2O3S. The van der Waals surface area contributed by atoms with E-state index in [-0.39, 0.29) is 10.8 Å². The summed E-state index contributed by atoms with van der Waals surface area (Å²) in [5, 5.41) is 2.98. The smallest absolute Gasteiger partial charge is 0.267 e. The summed E-state index contributed by atoms with van der Waals surface area (Å²) < 4.78 is 25.1. The van der Waals surface area contributed by atoms with E-state index < -0.39 is 9.05 Å². The highest BCUT2D eigenvalue weighted by Crippen LogP contribution is 2.28. The molecule has 0 radical (unpaired) electrons. The van der Waals surface area contributed by atoms with Crippen molar-refractivity contribution in [1.82, 2.24) is 9.88 Å². The van der Waals surface area contributed by atoms with Crippen molar-refractivity contribution in [2.24, 2.45) is 11.8 Å². The van der Waals surface area contributed by atoms with Gasteiger partial charge in [0.15, 0.2) is 0 Å². The van der Waals surface area contributed by atoms with Crippen LogP contribution in [0.2, 0.25) is 0 Å². The van der Waals surface area contributed by atoms with Gasteiger partial charge in [-0.05, 0) is 36.3 Å². The normalized spacial score (nSPS) is 20.4. The number of benzene rings is 1. The molecule has 2 atom stereocenters. The molecule has 0 aliphatic heterocycles. The second-order valence-corrected chi connectivity index (χ2v) is 10.0. The van der Waals surface area contributed by atoms with Crippen LogP contribution in [0.25, 0.3) is 0 Å². The number of hydrogen-bond acceptors (Lipinski definition) is 3. The van der Waals surface area contributed by atoms with Crippen LogP contribution in [0.15, 0.2) is 47.5 Å². The molecule has 3 rings (SSSR count). The predicted octanol–water partition coefficient (Wildman–Crippen LogP) is 4.02. The highest BCUT2D eigenvalue weighted by Gasteiger charge is 2.23. The van der Waals surface area contributed by atoms with Crippen molar-refractivity contribution >= 4 is 25.6 Å². The van der Waals surface area contributed by atoms with Crippen LogP contribution >= 0.6 is 10.7 Å². The minimum Gasteiger partial charge on any atom is -0.350 e. The molecule has 2 aromatic rings. The summed E-state index contributed by atoms with van der Waals surface area (Å²) in [6, 6.07) is 10.9. The minimum absolute atomic E-state index is 0.0588. The van der Waals surface area contributed by atoms with Crippen molar-refractivity contribution < 1.29 is 13.2 Å². The first-order valence-corrected chi connectivity index (χ1v) is 11.6. The molecule has 1 aliphatic rings. The lowest BCUT2D eigenvalue weighted by molar-refractivity contribution is 0.0932. The van der Waals surface area contributed by atoms with E-state index in [1.165, 1.54) is 25.1 Å². The number of nitrogens with zero attached hydrogens (tertiary/aromatic N) is 1. The van der Waals surface area contributed by atoms with Crippen molar-refractivity contribution in [2.75, 3.05) is 6.54 Å². The maximum absolute atomic E-state index is 12.8. The molecule has 146 valence electrons. The predicted molar refractivity (Wildman–Crippen MR) is 106 cm³/mol. The molecule has 1 aromatic heterocycles. The molecule has 27 heavy (non-hydrogen) atoms. The van der Waals surface area contributed by atoms with E-state index >= 15 is 0 Å². The van der Waals surface area contributed by atoms with Gasteiger partial charge in [-0.1, -0.05) is 50.1 Å². The number of carbonyl (C=O) groups is 1. The summed E-state index contributed by atoms with van der Waals surface area (Å²) >= 11 is 0. The quantitative estimate of drug-likeness (QED) is 0.734. The van der Waals surface area contributed by atoms with Gasteiger partial charge in [0.25, 0.3) is 15.0 Å². The molecule has 7 heteroatoms. The molecule has 2 unspecified atom stereocenters. The van der Waals surface area contributed by atoms with Crippen molar-refractivity contribution in [3.05, 3.63) is 53.9 Å². The average Bonchev–Trinajstić information content (AvgIpc) is 3.05. The van der Waals surface area contributed by atoms with Crippen molar-refractivity contribution in [3.63, 3.8) is 0 Å². The second-order valence-electron chi connectivity index (χ2n) is 7.46. The molecule has 0 spiro atoms. The summed E-state index contributed by atoms with van der Waals surface area (Å²) in [5.41, 5.74) is 1.28. The standard InChI is InChI=1S/C20H25ClN2O3S/c1-15-6-5-9-17(10-15)12-22-20(24)19-11-18(27(21,25)26)14-23(19)13-16-7-3-2-4-8-16/h2-4,7-8,11,14-15,17H,5-6,9-10,12-13H2,1H3,(H,22,24). The van der Waals surface area contributed by atoms with Gasteiger partial charge in [-0.3, -0.25) is 4.79 Å². The van der Waals surface area contributed by atoms with Crippen LogP contribution in [0.5, 0.6) is 0 Å². The van der Waals surface area contributed by atoms with Crippen LogP contribution in [-0.4, -0.2) is 25.4 Å². The molecule has 0 saturated heterocycles. The third-order valence-electron chi connectivity index (χ3n) is 5.18. The highest BCUT2D eigenvalue weighted by atomic mass is 35.7. The van der Waals surface area contributed by atoms with Gasteiger partial charge in [-0.15, -0.1) is 0 Å². The number of aromatic nitrogens is 1. The zero-order valence-corrected chi connectivity index (χ0v) is 17.0. The Morgan fingerprint density at radius 2 is 2.00 bits per heavy atom. The zero-order chi connectivity index (χ0) is 19.4. The third-order valence-corrected chi connectivity index (χ3v) is 6.50. The number of nitrogens with one attached hydrogen (secondary N) is 1. The molecule has 5 nitrogen and oxygen atoms in total. The maximum atomic E-state index is 12.8. The Morgan fingerprint density at radius 3 is 2.67 bits per heavy atom. The Bertz CT molecular complexity index is 893. The van der Waals surface area contributed by atoms with E-state index in [0.29, 0.717) is 30.6 Å². The number of amides is 1. The fourth-order valence-electron chi connectivity index (χ4n) is 3.79. The SMILES string of the molecule is CC1CCCC(CNC(=O)c2cc(S(=O)(=O)Cl)cn2Cc2ccccc2)C1. The first kappa shape index (κ1) is 20.0. The molecule has 1 aliphatic carbocycles. The van der Waals surface area contributed by atoms with E-state index in [1.54, 1.807) is 4.57 Å². The minimum atomic E-state index is -3.90. The molecule has 1 aromatic carbocycles. The lowest BCUT2D eigenvalue weighted by atomic mass is 9.82. The van der Waals surface area contributed by atoms with Gasteiger partial charge in [0.1, 0.15) is 10.6 Å². The lowest BCUT2D eigenvalue weighted by Gasteiger charge is -2.26. The number of hydrogen-bond donors (Lipinski definition) is 1. The van der Waals surface area contributed by atoms with Gasteiger partial charge >= 0.3 is 0 Å². The van der Waals surface area contributed by atoms with E-state index in [2.05, 4.69) is 12.2 Å². The molecular weight excluding hydrogens is 384 g/mol. The van der Waals surface area contributed by atoms with Crippen molar-refractivity contribution in [2.45, 2.75) is 44.0 Å². The first-order valence-electron chi connectivity index (χ1n) is 9.30. The van der Waals surface area contributed by atoms with Gasteiger partial charge in [0, 0.05) is 30.0 Å². The van der Waals surface area contributed by atoms with E-state index in [4.69, 9.17) is 10.7 Å². The van der Waals surface area contributed by atoms with Crippen LogP contribution in [0.3, 0.4) is 0 Å². The Kier molecular flexibility index (Phi) is 6.27.